The lowest BCUT2D eigenvalue weighted by Gasteiger charge is -2.37. The van der Waals surface area contributed by atoms with Gasteiger partial charge in [0.2, 0.25) is 0 Å². The van der Waals surface area contributed by atoms with Crippen molar-refractivity contribution in [1.29, 1.82) is 0 Å². The van der Waals surface area contributed by atoms with Crippen molar-refractivity contribution in [3.8, 4) is 0 Å². The molecule has 1 aromatic carbocycles. The summed E-state index contributed by atoms with van der Waals surface area (Å²) in [5, 5.41) is 0. The third-order valence-electron chi connectivity index (χ3n) is 4.32. The maximum absolute atomic E-state index is 12.4. The zero-order chi connectivity index (χ0) is 18.4. The summed E-state index contributed by atoms with van der Waals surface area (Å²) >= 11 is 0. The zero-order valence-electron chi connectivity index (χ0n) is 16.0. The van der Waals surface area contributed by atoms with Crippen LogP contribution in [-0.4, -0.2) is 42.8 Å². The van der Waals surface area contributed by atoms with Crippen molar-refractivity contribution < 1.29 is 14.3 Å². The molecule has 1 aromatic rings. The van der Waals surface area contributed by atoms with Crippen LogP contribution in [-0.2, 0) is 9.47 Å². The SMILES string of the molecule is Cc1cccc([C@H](OCCN)[C@@H]2CCCN(C(=O)OC(C)(C)C)C2)c1. The molecule has 0 aliphatic carbocycles. The van der Waals surface area contributed by atoms with Gasteiger partial charge in [-0.25, -0.2) is 4.79 Å². The number of amides is 1. The number of benzene rings is 1. The van der Waals surface area contributed by atoms with Crippen molar-refractivity contribution in [1.82, 2.24) is 4.90 Å². The summed E-state index contributed by atoms with van der Waals surface area (Å²) in [6.07, 6.45) is 1.70. The van der Waals surface area contributed by atoms with Gasteiger partial charge in [-0.2, -0.15) is 0 Å². The molecule has 25 heavy (non-hydrogen) atoms. The summed E-state index contributed by atoms with van der Waals surface area (Å²) in [5.74, 6) is 0.245. The molecule has 1 amide bonds. The number of piperidine rings is 1. The number of rotatable bonds is 5. The Labute approximate surface area is 151 Å². The van der Waals surface area contributed by atoms with Crippen molar-refractivity contribution in [3.63, 3.8) is 0 Å². The number of nitrogens with zero attached hydrogens (tertiary/aromatic N) is 1. The van der Waals surface area contributed by atoms with E-state index in [4.69, 9.17) is 15.2 Å². The van der Waals surface area contributed by atoms with Crippen molar-refractivity contribution >= 4 is 6.09 Å². The first-order chi connectivity index (χ1) is 11.8. The molecule has 0 bridgehead atoms. The minimum absolute atomic E-state index is 0.0475. The molecule has 2 rings (SSSR count). The smallest absolute Gasteiger partial charge is 0.410 e. The molecule has 0 aromatic heterocycles. The topological polar surface area (TPSA) is 64.8 Å². The van der Waals surface area contributed by atoms with Gasteiger partial charge in [-0.15, -0.1) is 0 Å². The van der Waals surface area contributed by atoms with Crippen LogP contribution in [0.15, 0.2) is 24.3 Å². The van der Waals surface area contributed by atoms with E-state index < -0.39 is 5.60 Å². The summed E-state index contributed by atoms with van der Waals surface area (Å²) < 4.78 is 11.6. The van der Waals surface area contributed by atoms with Gasteiger partial charge in [0.25, 0.3) is 0 Å². The van der Waals surface area contributed by atoms with Crippen LogP contribution in [0, 0.1) is 12.8 Å². The van der Waals surface area contributed by atoms with Gasteiger partial charge in [-0.3, -0.25) is 0 Å². The van der Waals surface area contributed by atoms with E-state index in [9.17, 15) is 4.79 Å². The van der Waals surface area contributed by atoms with Gasteiger partial charge >= 0.3 is 6.09 Å². The summed E-state index contributed by atoms with van der Waals surface area (Å²) in [7, 11) is 0. The zero-order valence-corrected chi connectivity index (χ0v) is 16.0. The Morgan fingerprint density at radius 2 is 2.16 bits per heavy atom. The van der Waals surface area contributed by atoms with Crippen LogP contribution in [0.5, 0.6) is 0 Å². The molecular formula is C20H32N2O3. The summed E-state index contributed by atoms with van der Waals surface area (Å²) in [5.41, 5.74) is 7.54. The standard InChI is InChI=1S/C20H32N2O3/c1-15-7-5-8-16(13-15)18(24-12-10-21)17-9-6-11-22(14-17)19(23)25-20(2,3)4/h5,7-8,13,17-18H,6,9-12,14,21H2,1-4H3/t17-,18+/m1/s1. The second-order valence-electron chi connectivity index (χ2n) is 7.82. The second kappa shape index (κ2) is 8.68. The Bertz CT molecular complexity index is 568. The summed E-state index contributed by atoms with van der Waals surface area (Å²) in [6, 6.07) is 8.39. The lowest BCUT2D eigenvalue weighted by atomic mass is 9.88. The molecule has 1 aliphatic heterocycles. The number of hydrogen-bond acceptors (Lipinski definition) is 4. The third-order valence-corrected chi connectivity index (χ3v) is 4.32. The van der Waals surface area contributed by atoms with Crippen molar-refractivity contribution in [2.24, 2.45) is 11.7 Å². The second-order valence-corrected chi connectivity index (χ2v) is 7.82. The number of carbonyl (C=O) groups is 1. The average Bonchev–Trinajstić information content (AvgIpc) is 2.54. The molecule has 5 heteroatoms. The molecule has 1 saturated heterocycles. The number of hydrogen-bond donors (Lipinski definition) is 1. The number of ether oxygens (including phenoxy) is 2. The maximum Gasteiger partial charge on any atom is 0.410 e. The molecule has 5 nitrogen and oxygen atoms in total. The maximum atomic E-state index is 12.4. The van der Waals surface area contributed by atoms with E-state index in [-0.39, 0.29) is 18.1 Å². The average molecular weight is 348 g/mol. The Morgan fingerprint density at radius 3 is 2.80 bits per heavy atom. The van der Waals surface area contributed by atoms with Crippen LogP contribution in [0.2, 0.25) is 0 Å². The largest absolute Gasteiger partial charge is 0.444 e. The summed E-state index contributed by atoms with van der Waals surface area (Å²) in [4.78, 5) is 14.2. The van der Waals surface area contributed by atoms with Gasteiger partial charge in [0.1, 0.15) is 5.60 Å². The van der Waals surface area contributed by atoms with E-state index in [0.29, 0.717) is 19.7 Å². The lowest BCUT2D eigenvalue weighted by molar-refractivity contribution is -0.0233. The van der Waals surface area contributed by atoms with E-state index in [2.05, 4.69) is 31.2 Å². The lowest BCUT2D eigenvalue weighted by Crippen LogP contribution is -2.44. The van der Waals surface area contributed by atoms with Gasteiger partial charge < -0.3 is 20.1 Å². The first kappa shape index (κ1) is 19.7. The van der Waals surface area contributed by atoms with Crippen LogP contribution >= 0.6 is 0 Å². The van der Waals surface area contributed by atoms with Gasteiger partial charge in [0, 0.05) is 25.6 Å². The highest BCUT2D eigenvalue weighted by Gasteiger charge is 2.33. The fraction of sp³-hybridized carbons (Fsp3) is 0.650. The first-order valence-corrected chi connectivity index (χ1v) is 9.16. The van der Waals surface area contributed by atoms with E-state index in [1.807, 2.05) is 25.7 Å². The van der Waals surface area contributed by atoms with E-state index >= 15 is 0 Å². The monoisotopic (exact) mass is 348 g/mol. The van der Waals surface area contributed by atoms with Crippen LogP contribution in [0.3, 0.4) is 0 Å². The molecule has 2 N–H and O–H groups in total. The van der Waals surface area contributed by atoms with Gasteiger partial charge in [-0.1, -0.05) is 29.8 Å². The van der Waals surface area contributed by atoms with E-state index in [1.54, 1.807) is 0 Å². The van der Waals surface area contributed by atoms with E-state index in [1.165, 1.54) is 5.56 Å². The number of carbonyl (C=O) groups excluding carboxylic acids is 1. The quantitative estimate of drug-likeness (QED) is 0.882. The molecule has 0 saturated carbocycles. The molecule has 2 atom stereocenters. The molecule has 1 aliphatic rings. The first-order valence-electron chi connectivity index (χ1n) is 9.16. The van der Waals surface area contributed by atoms with Crippen LogP contribution in [0.1, 0.15) is 50.8 Å². The van der Waals surface area contributed by atoms with Crippen LogP contribution in [0.4, 0.5) is 4.79 Å². The third kappa shape index (κ3) is 6.01. The van der Waals surface area contributed by atoms with Gasteiger partial charge in [-0.05, 0) is 46.1 Å². The van der Waals surface area contributed by atoms with Crippen molar-refractivity contribution in [2.75, 3.05) is 26.2 Å². The molecule has 0 radical (unpaired) electrons. The van der Waals surface area contributed by atoms with Crippen molar-refractivity contribution in [2.45, 2.75) is 52.2 Å². The summed E-state index contributed by atoms with van der Waals surface area (Å²) in [6.45, 7) is 10.2. The molecule has 140 valence electrons. The molecule has 1 fully saturated rings. The Balaban J connectivity index is 2.12. The van der Waals surface area contributed by atoms with E-state index in [0.717, 1.165) is 24.9 Å². The van der Waals surface area contributed by atoms with Gasteiger partial charge in [0.05, 0.1) is 12.7 Å². The number of aryl methyl sites for hydroxylation is 1. The Morgan fingerprint density at radius 1 is 1.40 bits per heavy atom. The number of likely N-dealkylation sites (tertiary alicyclic amines) is 1. The van der Waals surface area contributed by atoms with Gasteiger partial charge in [0.15, 0.2) is 0 Å². The minimum atomic E-state index is -0.476. The minimum Gasteiger partial charge on any atom is -0.444 e. The molecule has 1 heterocycles. The van der Waals surface area contributed by atoms with Crippen LogP contribution < -0.4 is 5.73 Å². The normalized spacial score (nSPS) is 19.6. The Kier molecular flexibility index (Phi) is 6.85. The predicted octanol–water partition coefficient (Wildman–Crippen LogP) is 3.66. The van der Waals surface area contributed by atoms with Crippen molar-refractivity contribution in [3.05, 3.63) is 35.4 Å². The fourth-order valence-electron chi connectivity index (χ4n) is 3.30. The predicted molar refractivity (Wildman–Crippen MR) is 99.5 cm³/mol. The molecule has 0 spiro atoms. The molecule has 0 unspecified atom stereocenters. The Hall–Kier alpha value is -1.59. The van der Waals surface area contributed by atoms with Crippen LogP contribution in [0.25, 0.3) is 0 Å². The highest BCUT2D eigenvalue weighted by atomic mass is 16.6. The molecular weight excluding hydrogens is 316 g/mol. The highest BCUT2D eigenvalue weighted by Crippen LogP contribution is 2.33. The highest BCUT2D eigenvalue weighted by molar-refractivity contribution is 5.68. The fourth-order valence-corrected chi connectivity index (χ4v) is 3.30. The number of nitrogens with two attached hydrogens (primary N) is 1.